The van der Waals surface area contributed by atoms with Crippen molar-refractivity contribution in [2.24, 2.45) is 0 Å². The van der Waals surface area contributed by atoms with E-state index in [4.69, 9.17) is 13.9 Å². The molecule has 0 N–H and O–H groups in total. The topological polar surface area (TPSA) is 31.6 Å². The van der Waals surface area contributed by atoms with Crippen molar-refractivity contribution in [3.8, 4) is 56.4 Å². The van der Waals surface area contributed by atoms with E-state index in [9.17, 15) is 0 Å². The second-order valence-corrected chi connectivity index (χ2v) is 12.4. The van der Waals surface area contributed by atoms with Gasteiger partial charge in [-0.05, 0) is 92.5 Å². The van der Waals surface area contributed by atoms with E-state index in [1.54, 1.807) is 0 Å². The highest BCUT2D eigenvalue weighted by atomic mass is 16.6. The van der Waals surface area contributed by atoms with Gasteiger partial charge in [-0.2, -0.15) is 0 Å². The van der Waals surface area contributed by atoms with E-state index in [2.05, 4.69) is 109 Å². The predicted molar refractivity (Wildman–Crippen MR) is 182 cm³/mol. The number of para-hydroxylation sites is 3. The Morgan fingerprint density at radius 2 is 1.00 bits per heavy atom. The molecule has 7 aromatic carbocycles. The summed E-state index contributed by atoms with van der Waals surface area (Å²) in [4.78, 5) is 0. The molecule has 0 unspecified atom stereocenters. The molecule has 0 amide bonds. The fraction of sp³-hybridized carbons (Fsp3) is 0.0233. The average Bonchev–Trinajstić information content (AvgIpc) is 3.74. The second kappa shape index (κ2) is 8.56. The van der Waals surface area contributed by atoms with Crippen molar-refractivity contribution >= 4 is 21.9 Å². The fourth-order valence-electron chi connectivity index (χ4n) is 8.29. The van der Waals surface area contributed by atoms with E-state index in [0.717, 1.165) is 61.6 Å². The normalized spacial score (nSPS) is 14.2. The summed E-state index contributed by atoms with van der Waals surface area (Å²) in [7, 11) is 0. The van der Waals surface area contributed by atoms with E-state index < -0.39 is 5.41 Å². The van der Waals surface area contributed by atoms with Gasteiger partial charge in [0.1, 0.15) is 11.2 Å². The van der Waals surface area contributed by atoms with Crippen molar-refractivity contribution in [1.29, 1.82) is 0 Å². The van der Waals surface area contributed by atoms with E-state index in [1.807, 2.05) is 36.4 Å². The lowest BCUT2D eigenvalue weighted by Crippen LogP contribution is -2.27. The summed E-state index contributed by atoms with van der Waals surface area (Å²) < 4.78 is 19.5. The molecule has 1 spiro atoms. The van der Waals surface area contributed by atoms with Crippen LogP contribution in [-0.4, -0.2) is 0 Å². The Bertz CT molecular complexity index is 2560. The molecule has 2 aliphatic carbocycles. The summed E-state index contributed by atoms with van der Waals surface area (Å²) in [5, 5.41) is 2.26. The molecular formula is C43H24O3. The summed E-state index contributed by atoms with van der Waals surface area (Å²) in [5.41, 5.74) is 13.4. The standard InChI is InChI=1S/C43H24O3/c1-4-12-33-27(9-1)28-10-2-5-13-34(28)43(33)35-24-26(25-18-21-37-32(23-25)30-11-3-6-14-36(30)44-37)17-19-29(35)31-20-22-40-42(41(31)43)46-39-16-8-7-15-38(39)45-40/h1-24H. The van der Waals surface area contributed by atoms with E-state index in [-0.39, 0.29) is 0 Å². The van der Waals surface area contributed by atoms with Gasteiger partial charge in [0.25, 0.3) is 0 Å². The van der Waals surface area contributed by atoms with Crippen LogP contribution in [0.25, 0.3) is 55.3 Å². The number of hydrogen-bond donors (Lipinski definition) is 0. The molecule has 0 saturated heterocycles. The van der Waals surface area contributed by atoms with Crippen LogP contribution >= 0.6 is 0 Å². The maximum Gasteiger partial charge on any atom is 0.175 e. The maximum absolute atomic E-state index is 6.83. The Morgan fingerprint density at radius 1 is 0.391 bits per heavy atom. The maximum atomic E-state index is 6.83. The van der Waals surface area contributed by atoms with Gasteiger partial charge < -0.3 is 13.9 Å². The molecule has 2 heterocycles. The van der Waals surface area contributed by atoms with Crippen LogP contribution in [0, 0.1) is 0 Å². The zero-order valence-electron chi connectivity index (χ0n) is 24.6. The van der Waals surface area contributed by atoms with Gasteiger partial charge in [0.2, 0.25) is 0 Å². The lowest BCUT2D eigenvalue weighted by molar-refractivity contribution is 0.354. The molecule has 1 aromatic heterocycles. The van der Waals surface area contributed by atoms with Crippen molar-refractivity contribution in [3.63, 3.8) is 0 Å². The monoisotopic (exact) mass is 588 g/mol. The van der Waals surface area contributed by atoms with E-state index in [0.29, 0.717) is 0 Å². The molecule has 3 aliphatic rings. The van der Waals surface area contributed by atoms with Crippen molar-refractivity contribution in [3.05, 3.63) is 168 Å². The van der Waals surface area contributed by atoms with Crippen LogP contribution in [0.5, 0.6) is 23.0 Å². The molecule has 214 valence electrons. The molecule has 46 heavy (non-hydrogen) atoms. The first-order valence-electron chi connectivity index (χ1n) is 15.7. The Hall–Kier alpha value is -6.06. The van der Waals surface area contributed by atoms with Crippen LogP contribution in [0.15, 0.2) is 150 Å². The molecular weight excluding hydrogens is 564 g/mol. The fourth-order valence-corrected chi connectivity index (χ4v) is 8.29. The molecule has 1 aliphatic heterocycles. The van der Waals surface area contributed by atoms with E-state index in [1.165, 1.54) is 38.9 Å². The third kappa shape index (κ3) is 2.93. The van der Waals surface area contributed by atoms with Gasteiger partial charge in [-0.25, -0.2) is 0 Å². The lowest BCUT2D eigenvalue weighted by Gasteiger charge is -2.33. The first-order valence-corrected chi connectivity index (χ1v) is 15.7. The molecule has 0 fully saturated rings. The van der Waals surface area contributed by atoms with Gasteiger partial charge in [-0.15, -0.1) is 0 Å². The Labute approximate surface area is 264 Å². The van der Waals surface area contributed by atoms with Crippen LogP contribution < -0.4 is 9.47 Å². The van der Waals surface area contributed by atoms with Crippen molar-refractivity contribution in [1.82, 2.24) is 0 Å². The van der Waals surface area contributed by atoms with Crippen molar-refractivity contribution in [2.75, 3.05) is 0 Å². The molecule has 11 rings (SSSR count). The molecule has 0 radical (unpaired) electrons. The lowest BCUT2D eigenvalue weighted by atomic mass is 9.70. The predicted octanol–water partition coefficient (Wildman–Crippen LogP) is 11.5. The summed E-state index contributed by atoms with van der Waals surface area (Å²) in [6.45, 7) is 0. The van der Waals surface area contributed by atoms with Crippen LogP contribution in [0.4, 0.5) is 0 Å². The van der Waals surface area contributed by atoms with Crippen molar-refractivity contribution < 1.29 is 13.9 Å². The summed E-state index contributed by atoms with van der Waals surface area (Å²) >= 11 is 0. The zero-order chi connectivity index (χ0) is 30.0. The molecule has 8 aromatic rings. The molecule has 3 heteroatoms. The number of benzene rings is 7. The zero-order valence-corrected chi connectivity index (χ0v) is 24.6. The van der Waals surface area contributed by atoms with Gasteiger partial charge in [0.05, 0.1) is 5.41 Å². The van der Waals surface area contributed by atoms with Crippen LogP contribution in [-0.2, 0) is 5.41 Å². The minimum Gasteiger partial charge on any atom is -0.456 e. The van der Waals surface area contributed by atoms with Gasteiger partial charge >= 0.3 is 0 Å². The number of rotatable bonds is 1. The van der Waals surface area contributed by atoms with E-state index >= 15 is 0 Å². The molecule has 0 atom stereocenters. The van der Waals surface area contributed by atoms with Gasteiger partial charge in [-0.3, -0.25) is 0 Å². The minimum atomic E-state index is -0.582. The quantitative estimate of drug-likeness (QED) is 0.191. The Balaban J connectivity index is 1.22. The second-order valence-electron chi connectivity index (χ2n) is 12.4. The number of fused-ring (bicyclic) bond motifs is 16. The van der Waals surface area contributed by atoms with Crippen molar-refractivity contribution in [2.45, 2.75) is 5.41 Å². The average molecular weight is 589 g/mol. The largest absolute Gasteiger partial charge is 0.456 e. The third-order valence-electron chi connectivity index (χ3n) is 10.2. The first kappa shape index (κ1) is 24.3. The molecule has 0 saturated carbocycles. The highest BCUT2D eigenvalue weighted by molar-refractivity contribution is 6.06. The number of furan rings is 1. The molecule has 0 bridgehead atoms. The Morgan fingerprint density at radius 3 is 1.83 bits per heavy atom. The number of ether oxygens (including phenoxy) is 2. The summed E-state index contributed by atoms with van der Waals surface area (Å²) in [6, 6.07) is 51.6. The van der Waals surface area contributed by atoms with Gasteiger partial charge in [-0.1, -0.05) is 103 Å². The van der Waals surface area contributed by atoms with Crippen LogP contribution in [0.2, 0.25) is 0 Å². The number of hydrogen-bond acceptors (Lipinski definition) is 3. The van der Waals surface area contributed by atoms with Crippen LogP contribution in [0.1, 0.15) is 22.3 Å². The van der Waals surface area contributed by atoms with Gasteiger partial charge in [0.15, 0.2) is 23.0 Å². The molecule has 3 nitrogen and oxygen atoms in total. The first-order chi connectivity index (χ1) is 22.8. The highest BCUT2D eigenvalue weighted by Crippen LogP contribution is 2.67. The summed E-state index contributed by atoms with van der Waals surface area (Å²) in [6.07, 6.45) is 0. The SMILES string of the molecule is c1ccc2c(c1)Oc1ccc3c(c1O2)C1(c2ccccc2-c2ccccc21)c1cc(-c2ccc4oc5ccccc5c4c2)ccc1-3. The highest BCUT2D eigenvalue weighted by Gasteiger charge is 2.54. The van der Waals surface area contributed by atoms with Crippen LogP contribution in [0.3, 0.4) is 0 Å². The Kier molecular flexibility index (Phi) is 4.52. The third-order valence-corrected chi connectivity index (χ3v) is 10.2. The smallest absolute Gasteiger partial charge is 0.175 e. The summed E-state index contributed by atoms with van der Waals surface area (Å²) in [5.74, 6) is 2.99. The minimum absolute atomic E-state index is 0.582. The van der Waals surface area contributed by atoms with Gasteiger partial charge in [0, 0.05) is 16.3 Å².